The van der Waals surface area contributed by atoms with E-state index < -0.39 is 27.4 Å². The van der Waals surface area contributed by atoms with Gasteiger partial charge in [-0.25, -0.2) is 13.2 Å². The van der Waals surface area contributed by atoms with Gasteiger partial charge in [-0.15, -0.1) is 0 Å². The molecule has 0 aromatic heterocycles. The van der Waals surface area contributed by atoms with Crippen molar-refractivity contribution in [2.75, 3.05) is 18.1 Å². The Morgan fingerprint density at radius 1 is 1.24 bits per heavy atom. The van der Waals surface area contributed by atoms with Gasteiger partial charge in [-0.05, 0) is 26.3 Å². The number of nitrogens with one attached hydrogen (secondary N) is 1. The van der Waals surface area contributed by atoms with Crippen molar-refractivity contribution >= 4 is 38.8 Å². The second-order valence-electron chi connectivity index (χ2n) is 8.06. The van der Waals surface area contributed by atoms with Crippen LogP contribution in [0.3, 0.4) is 0 Å². The Morgan fingerprint density at radius 2 is 1.93 bits per heavy atom. The number of aliphatic imine (C=N–C) groups is 1. The van der Waals surface area contributed by atoms with Crippen molar-refractivity contribution in [1.82, 2.24) is 10.2 Å². The first-order valence-electron chi connectivity index (χ1n) is 9.28. The van der Waals surface area contributed by atoms with E-state index in [1.54, 1.807) is 20.8 Å². The van der Waals surface area contributed by atoms with E-state index in [-0.39, 0.29) is 29.3 Å². The molecule has 0 bridgehead atoms. The summed E-state index contributed by atoms with van der Waals surface area (Å²) in [4.78, 5) is 30.1. The minimum atomic E-state index is -3.10. The van der Waals surface area contributed by atoms with E-state index >= 15 is 0 Å². The molecular formula is C19H25N3O5S2. The Kier molecular flexibility index (Phi) is 6.23. The number of thioether (sulfide) groups is 1. The summed E-state index contributed by atoms with van der Waals surface area (Å²) in [6, 6.07) is 9.42. The largest absolute Gasteiger partial charge is 0.444 e. The molecule has 3 rings (SSSR count). The van der Waals surface area contributed by atoms with Crippen LogP contribution in [0, 0.1) is 0 Å². The number of hydrogen-bond donors (Lipinski definition) is 1. The van der Waals surface area contributed by atoms with Gasteiger partial charge in [-0.1, -0.05) is 42.1 Å². The molecule has 1 N–H and O–H groups in total. The lowest BCUT2D eigenvalue weighted by atomic mass is 10.1. The average Bonchev–Trinajstić information content (AvgIpc) is 3.05. The van der Waals surface area contributed by atoms with E-state index in [2.05, 4.69) is 10.3 Å². The Bertz CT molecular complexity index is 910. The van der Waals surface area contributed by atoms with Gasteiger partial charge in [0.2, 0.25) is 0 Å². The predicted molar refractivity (Wildman–Crippen MR) is 112 cm³/mol. The smallest absolute Gasteiger partial charge is 0.408 e. The Hall–Kier alpha value is -2.07. The Balaban J connectivity index is 1.70. The average molecular weight is 440 g/mol. The van der Waals surface area contributed by atoms with Gasteiger partial charge >= 0.3 is 6.09 Å². The van der Waals surface area contributed by atoms with Crippen LogP contribution in [-0.2, 0) is 25.9 Å². The fourth-order valence-corrected chi connectivity index (χ4v) is 7.18. The van der Waals surface area contributed by atoms with E-state index in [9.17, 15) is 18.0 Å². The molecule has 0 saturated carbocycles. The van der Waals surface area contributed by atoms with Crippen LogP contribution in [0.4, 0.5) is 4.79 Å². The molecule has 2 fully saturated rings. The second-order valence-corrected chi connectivity index (χ2v) is 11.4. The van der Waals surface area contributed by atoms with Crippen molar-refractivity contribution in [2.24, 2.45) is 4.99 Å². The lowest BCUT2D eigenvalue weighted by Gasteiger charge is -2.24. The molecule has 0 unspecified atom stereocenters. The van der Waals surface area contributed by atoms with Crippen LogP contribution < -0.4 is 5.32 Å². The standard InChI is InChI=1S/C19H25N3O5S2/c1-19(2,3)27-18(24)20-9-16(23)21-17-22(10-13-7-5-4-6-8-13)14-11-29(25,26)12-15(14)28-17/h4-8,14-15H,9-12H2,1-3H3,(H,20,24)/t14-,15+/m1/s1. The fourth-order valence-electron chi connectivity index (χ4n) is 3.21. The van der Waals surface area contributed by atoms with Gasteiger partial charge in [0.1, 0.15) is 12.1 Å². The van der Waals surface area contributed by atoms with Gasteiger partial charge in [-0.2, -0.15) is 4.99 Å². The van der Waals surface area contributed by atoms with E-state index in [0.717, 1.165) is 5.56 Å². The van der Waals surface area contributed by atoms with Gasteiger partial charge in [-0.3, -0.25) is 4.79 Å². The predicted octanol–water partition coefficient (Wildman–Crippen LogP) is 1.81. The SMILES string of the molecule is CC(C)(C)OC(=O)NCC(=O)N=C1S[C@H]2CS(=O)(=O)C[C@H]2N1Cc1ccccc1. The number of nitrogens with zero attached hydrogens (tertiary/aromatic N) is 2. The number of sulfone groups is 1. The molecule has 0 radical (unpaired) electrons. The molecule has 0 spiro atoms. The number of hydrogen-bond acceptors (Lipinski definition) is 6. The highest BCUT2D eigenvalue weighted by atomic mass is 32.2. The topological polar surface area (TPSA) is 105 Å². The first-order chi connectivity index (χ1) is 13.5. The first-order valence-corrected chi connectivity index (χ1v) is 12.0. The molecule has 2 atom stereocenters. The van der Waals surface area contributed by atoms with Gasteiger partial charge < -0.3 is 15.0 Å². The number of carbonyl (C=O) groups is 2. The van der Waals surface area contributed by atoms with Crippen molar-refractivity contribution in [3.8, 4) is 0 Å². The first kappa shape index (κ1) is 21.6. The number of carbonyl (C=O) groups excluding carboxylic acids is 2. The van der Waals surface area contributed by atoms with Crippen LogP contribution in [0.2, 0.25) is 0 Å². The summed E-state index contributed by atoms with van der Waals surface area (Å²) < 4.78 is 29.2. The van der Waals surface area contributed by atoms with Gasteiger partial charge in [0.25, 0.3) is 5.91 Å². The van der Waals surface area contributed by atoms with Crippen LogP contribution in [0.1, 0.15) is 26.3 Å². The minimum Gasteiger partial charge on any atom is -0.444 e. The monoisotopic (exact) mass is 439 g/mol. The van der Waals surface area contributed by atoms with Gasteiger partial charge in [0.15, 0.2) is 15.0 Å². The molecule has 158 valence electrons. The number of alkyl carbamates (subject to hydrolysis) is 1. The van der Waals surface area contributed by atoms with Gasteiger partial charge in [0.05, 0.1) is 17.5 Å². The van der Waals surface area contributed by atoms with Crippen molar-refractivity contribution in [1.29, 1.82) is 0 Å². The minimum absolute atomic E-state index is 0.0564. The molecule has 1 aromatic carbocycles. The number of rotatable bonds is 4. The highest BCUT2D eigenvalue weighted by Crippen LogP contribution is 2.39. The highest BCUT2D eigenvalue weighted by molar-refractivity contribution is 8.15. The number of amides is 2. The van der Waals surface area contributed by atoms with Crippen LogP contribution >= 0.6 is 11.8 Å². The van der Waals surface area contributed by atoms with E-state index in [0.29, 0.717) is 11.7 Å². The van der Waals surface area contributed by atoms with Crippen molar-refractivity contribution < 1.29 is 22.7 Å². The maximum absolute atomic E-state index is 12.3. The zero-order valence-corrected chi connectivity index (χ0v) is 18.3. The quantitative estimate of drug-likeness (QED) is 0.763. The summed E-state index contributed by atoms with van der Waals surface area (Å²) in [5, 5.41) is 2.75. The fraction of sp³-hybridized carbons (Fsp3) is 0.526. The summed E-state index contributed by atoms with van der Waals surface area (Å²) in [7, 11) is -3.10. The molecule has 1 aromatic rings. The van der Waals surface area contributed by atoms with Crippen LogP contribution in [0.5, 0.6) is 0 Å². The molecule has 2 aliphatic heterocycles. The normalized spacial score (nSPS) is 24.4. The van der Waals surface area contributed by atoms with Crippen LogP contribution in [0.15, 0.2) is 35.3 Å². The van der Waals surface area contributed by atoms with E-state index in [1.807, 2.05) is 35.2 Å². The summed E-state index contributed by atoms with van der Waals surface area (Å²) >= 11 is 1.32. The summed E-state index contributed by atoms with van der Waals surface area (Å²) in [6.07, 6.45) is -0.686. The molecule has 2 saturated heterocycles. The third kappa shape index (κ3) is 5.96. The lowest BCUT2D eigenvalue weighted by molar-refractivity contribution is -0.117. The second kappa shape index (κ2) is 8.35. The highest BCUT2D eigenvalue weighted by Gasteiger charge is 2.48. The van der Waals surface area contributed by atoms with Crippen LogP contribution in [0.25, 0.3) is 0 Å². The Labute approximate surface area is 175 Å². The zero-order chi connectivity index (χ0) is 21.2. The maximum atomic E-state index is 12.3. The maximum Gasteiger partial charge on any atom is 0.408 e. The third-order valence-corrected chi connectivity index (χ3v) is 7.62. The van der Waals surface area contributed by atoms with Crippen molar-refractivity contribution in [2.45, 2.75) is 44.2 Å². The lowest BCUT2D eigenvalue weighted by Crippen LogP contribution is -2.38. The molecule has 10 heteroatoms. The van der Waals surface area contributed by atoms with Crippen LogP contribution in [-0.4, -0.2) is 65.4 Å². The Morgan fingerprint density at radius 3 is 2.59 bits per heavy atom. The molecule has 29 heavy (non-hydrogen) atoms. The van der Waals surface area contributed by atoms with E-state index in [1.165, 1.54) is 11.8 Å². The molecule has 2 amide bonds. The number of amidine groups is 1. The van der Waals surface area contributed by atoms with Crippen molar-refractivity contribution in [3.05, 3.63) is 35.9 Å². The summed E-state index contributed by atoms with van der Waals surface area (Å²) in [6.45, 7) is 5.39. The van der Waals surface area contributed by atoms with Gasteiger partial charge in [0, 0.05) is 11.8 Å². The number of benzene rings is 1. The number of fused-ring (bicyclic) bond motifs is 1. The van der Waals surface area contributed by atoms with Crippen molar-refractivity contribution in [3.63, 3.8) is 0 Å². The zero-order valence-electron chi connectivity index (χ0n) is 16.6. The molecule has 2 heterocycles. The third-order valence-electron chi connectivity index (χ3n) is 4.37. The molecule has 2 aliphatic rings. The van der Waals surface area contributed by atoms with E-state index in [4.69, 9.17) is 4.74 Å². The summed E-state index contributed by atoms with van der Waals surface area (Å²) in [5.41, 5.74) is 0.348. The molecule has 0 aliphatic carbocycles. The summed E-state index contributed by atoms with van der Waals surface area (Å²) in [5.74, 6) is -0.378. The molecule has 8 nitrogen and oxygen atoms in total. The molecular weight excluding hydrogens is 414 g/mol. The number of ether oxygens (including phenoxy) is 1.